The summed E-state index contributed by atoms with van der Waals surface area (Å²) in [6.07, 6.45) is 5.35. The molecule has 0 bridgehead atoms. The van der Waals surface area contributed by atoms with Crippen LogP contribution in [-0.4, -0.2) is 36.0 Å². The number of carbonyl (C=O) groups is 1. The van der Waals surface area contributed by atoms with Crippen LogP contribution in [0.3, 0.4) is 0 Å². The number of ether oxygens (including phenoxy) is 1. The Kier molecular flexibility index (Phi) is 10.4. The maximum absolute atomic E-state index is 12.6. The number of hydrogen-bond acceptors (Lipinski definition) is 5. The molecule has 1 aliphatic carbocycles. The van der Waals surface area contributed by atoms with Crippen molar-refractivity contribution < 1.29 is 14.6 Å². The zero-order chi connectivity index (χ0) is 19.7. The maximum atomic E-state index is 12.6. The van der Waals surface area contributed by atoms with Gasteiger partial charge in [-0.05, 0) is 69.9 Å². The summed E-state index contributed by atoms with van der Waals surface area (Å²) in [7, 11) is 0. The van der Waals surface area contributed by atoms with Crippen molar-refractivity contribution >= 4 is 5.97 Å². The van der Waals surface area contributed by atoms with E-state index in [0.29, 0.717) is 18.9 Å². The SMILES string of the molecule is CCC[C@@H](CN[C@@H](CC)C(N)O)CC(=O)OC1C[C@H](C)CCC1=C(C)C. The molecule has 1 fully saturated rings. The van der Waals surface area contributed by atoms with E-state index in [-0.39, 0.29) is 24.0 Å². The van der Waals surface area contributed by atoms with Crippen LogP contribution in [0.2, 0.25) is 0 Å². The standard InChI is InChI=1S/C21H40N2O3/c1-6-8-16(13-23-18(7-2)21(22)25)12-20(24)26-19-11-15(5)9-10-17(19)14(3)4/h15-16,18-19,21,23,25H,6-13,22H2,1-5H3/t15-,16-,18+,19?,21?/m1/s1. The summed E-state index contributed by atoms with van der Waals surface area (Å²) in [6.45, 7) is 11.2. The molecule has 152 valence electrons. The first-order valence-corrected chi connectivity index (χ1v) is 10.3. The number of aliphatic hydroxyl groups excluding tert-OH is 1. The van der Waals surface area contributed by atoms with E-state index in [9.17, 15) is 9.90 Å². The third-order valence-corrected chi connectivity index (χ3v) is 5.50. The van der Waals surface area contributed by atoms with Gasteiger partial charge in [0.15, 0.2) is 0 Å². The van der Waals surface area contributed by atoms with Gasteiger partial charge in [0.1, 0.15) is 12.3 Å². The average Bonchev–Trinajstić information content (AvgIpc) is 2.54. The topological polar surface area (TPSA) is 84.6 Å². The third-order valence-electron chi connectivity index (χ3n) is 5.50. The normalized spacial score (nSPS) is 24.0. The van der Waals surface area contributed by atoms with Gasteiger partial charge in [-0.2, -0.15) is 0 Å². The predicted octanol–water partition coefficient (Wildman–Crippen LogP) is 3.51. The number of nitrogens with two attached hydrogens (primary N) is 1. The molecule has 0 aromatic rings. The molecular formula is C21H40N2O3. The van der Waals surface area contributed by atoms with E-state index in [1.807, 2.05) is 6.92 Å². The summed E-state index contributed by atoms with van der Waals surface area (Å²) in [5, 5.41) is 12.9. The van der Waals surface area contributed by atoms with Gasteiger partial charge in [0, 0.05) is 12.5 Å². The summed E-state index contributed by atoms with van der Waals surface area (Å²) in [5.74, 6) is 0.696. The first kappa shape index (κ1) is 23.1. The lowest BCUT2D eigenvalue weighted by molar-refractivity contribution is -0.149. The average molecular weight is 369 g/mol. The lowest BCUT2D eigenvalue weighted by atomic mass is 9.83. The fourth-order valence-electron chi connectivity index (χ4n) is 3.83. The van der Waals surface area contributed by atoms with E-state index in [1.54, 1.807) is 0 Å². The molecule has 0 spiro atoms. The van der Waals surface area contributed by atoms with Crippen molar-refractivity contribution in [1.82, 2.24) is 5.32 Å². The van der Waals surface area contributed by atoms with E-state index in [1.165, 1.54) is 17.6 Å². The van der Waals surface area contributed by atoms with Crippen LogP contribution in [0.15, 0.2) is 11.1 Å². The Morgan fingerprint density at radius 1 is 1.38 bits per heavy atom. The minimum absolute atomic E-state index is 0.0549. The summed E-state index contributed by atoms with van der Waals surface area (Å²) < 4.78 is 5.89. The Hall–Kier alpha value is -0.910. The molecule has 4 N–H and O–H groups in total. The lowest BCUT2D eigenvalue weighted by Crippen LogP contribution is -2.46. The van der Waals surface area contributed by atoms with Crippen molar-refractivity contribution in [1.29, 1.82) is 0 Å². The molecule has 0 saturated heterocycles. The molecule has 0 aromatic heterocycles. The molecule has 0 amide bonds. The highest BCUT2D eigenvalue weighted by molar-refractivity contribution is 5.70. The third kappa shape index (κ3) is 7.77. The number of allylic oxidation sites excluding steroid dienone is 1. The molecule has 0 aliphatic heterocycles. The number of nitrogens with one attached hydrogen (secondary N) is 1. The molecule has 1 aliphatic rings. The van der Waals surface area contributed by atoms with Gasteiger partial charge in [-0.25, -0.2) is 0 Å². The summed E-state index contributed by atoms with van der Waals surface area (Å²) in [5.41, 5.74) is 8.17. The second kappa shape index (κ2) is 11.7. The van der Waals surface area contributed by atoms with Gasteiger partial charge in [-0.1, -0.05) is 32.8 Å². The predicted molar refractivity (Wildman–Crippen MR) is 107 cm³/mol. The number of rotatable bonds is 10. The summed E-state index contributed by atoms with van der Waals surface area (Å²) >= 11 is 0. The maximum Gasteiger partial charge on any atom is 0.306 e. The van der Waals surface area contributed by atoms with Crippen molar-refractivity contribution in [3.8, 4) is 0 Å². The second-order valence-electron chi connectivity index (χ2n) is 8.16. The van der Waals surface area contributed by atoms with Gasteiger partial charge in [0.2, 0.25) is 0 Å². The van der Waals surface area contributed by atoms with Crippen LogP contribution in [0.1, 0.15) is 79.6 Å². The first-order chi connectivity index (χ1) is 12.3. The number of aliphatic hydroxyl groups is 1. The summed E-state index contributed by atoms with van der Waals surface area (Å²) in [4.78, 5) is 12.6. The van der Waals surface area contributed by atoms with Crippen LogP contribution < -0.4 is 11.1 Å². The zero-order valence-corrected chi connectivity index (χ0v) is 17.4. The van der Waals surface area contributed by atoms with Gasteiger partial charge in [-0.15, -0.1) is 0 Å². The Morgan fingerprint density at radius 2 is 2.08 bits per heavy atom. The molecule has 2 unspecified atom stereocenters. The highest BCUT2D eigenvalue weighted by Gasteiger charge is 2.28. The molecule has 26 heavy (non-hydrogen) atoms. The van der Waals surface area contributed by atoms with Gasteiger partial charge in [-0.3, -0.25) is 4.79 Å². The first-order valence-electron chi connectivity index (χ1n) is 10.3. The van der Waals surface area contributed by atoms with Gasteiger partial charge < -0.3 is 20.9 Å². The van der Waals surface area contributed by atoms with Crippen LogP contribution in [0.5, 0.6) is 0 Å². The van der Waals surface area contributed by atoms with Gasteiger partial charge in [0.05, 0.1) is 0 Å². The van der Waals surface area contributed by atoms with Crippen molar-refractivity contribution in [2.75, 3.05) is 6.54 Å². The molecule has 5 nitrogen and oxygen atoms in total. The van der Waals surface area contributed by atoms with Crippen molar-refractivity contribution in [3.05, 3.63) is 11.1 Å². The smallest absolute Gasteiger partial charge is 0.306 e. The van der Waals surface area contributed by atoms with Gasteiger partial charge >= 0.3 is 5.97 Å². The molecule has 5 atom stereocenters. The molecule has 5 heteroatoms. The van der Waals surface area contributed by atoms with Crippen LogP contribution >= 0.6 is 0 Å². The van der Waals surface area contributed by atoms with E-state index in [0.717, 1.165) is 32.1 Å². The highest BCUT2D eigenvalue weighted by atomic mass is 16.5. The Bertz CT molecular complexity index is 458. The summed E-state index contributed by atoms with van der Waals surface area (Å²) in [6, 6.07) is -0.137. The fraction of sp³-hybridized carbons (Fsp3) is 0.857. The van der Waals surface area contributed by atoms with Crippen LogP contribution in [0, 0.1) is 11.8 Å². The molecule has 0 heterocycles. The molecule has 1 rings (SSSR count). The number of carbonyl (C=O) groups excluding carboxylic acids is 1. The van der Waals surface area contributed by atoms with Crippen molar-refractivity contribution in [2.45, 2.75) is 97.9 Å². The molecule has 1 saturated carbocycles. The fourth-order valence-corrected chi connectivity index (χ4v) is 3.83. The highest BCUT2D eigenvalue weighted by Crippen LogP contribution is 2.32. The Morgan fingerprint density at radius 3 is 2.62 bits per heavy atom. The largest absolute Gasteiger partial charge is 0.458 e. The zero-order valence-electron chi connectivity index (χ0n) is 17.4. The minimum Gasteiger partial charge on any atom is -0.458 e. The Labute approximate surface area is 159 Å². The number of hydrogen-bond donors (Lipinski definition) is 3. The molecular weight excluding hydrogens is 328 g/mol. The molecule has 0 radical (unpaired) electrons. The van der Waals surface area contributed by atoms with E-state index < -0.39 is 6.23 Å². The Balaban J connectivity index is 2.61. The molecule has 0 aromatic carbocycles. The van der Waals surface area contributed by atoms with Gasteiger partial charge in [0.25, 0.3) is 0 Å². The van der Waals surface area contributed by atoms with Crippen LogP contribution in [0.4, 0.5) is 0 Å². The number of esters is 1. The van der Waals surface area contributed by atoms with Crippen LogP contribution in [0.25, 0.3) is 0 Å². The van der Waals surface area contributed by atoms with E-state index >= 15 is 0 Å². The van der Waals surface area contributed by atoms with Crippen LogP contribution in [-0.2, 0) is 9.53 Å². The van der Waals surface area contributed by atoms with E-state index in [2.05, 4.69) is 33.0 Å². The minimum atomic E-state index is -0.877. The monoisotopic (exact) mass is 368 g/mol. The van der Waals surface area contributed by atoms with Crippen molar-refractivity contribution in [2.24, 2.45) is 17.6 Å². The van der Waals surface area contributed by atoms with Crippen molar-refractivity contribution in [3.63, 3.8) is 0 Å². The van der Waals surface area contributed by atoms with E-state index in [4.69, 9.17) is 10.5 Å². The quantitative estimate of drug-likeness (QED) is 0.312. The second-order valence-corrected chi connectivity index (χ2v) is 8.16. The lowest BCUT2D eigenvalue weighted by Gasteiger charge is -2.31.